The number of rotatable bonds is 2. The number of nitriles is 1. The summed E-state index contributed by atoms with van der Waals surface area (Å²) in [5.74, 6) is 0. The molecule has 1 heteroatoms. The van der Waals surface area contributed by atoms with Gasteiger partial charge in [-0.05, 0) is 20.8 Å². The molecule has 0 aromatic carbocycles. The maximum atomic E-state index is 8.39. The molecule has 0 heterocycles. The van der Waals surface area contributed by atoms with Crippen molar-refractivity contribution in [1.82, 2.24) is 0 Å². The van der Waals surface area contributed by atoms with Crippen LogP contribution in [0.3, 0.4) is 0 Å². The van der Waals surface area contributed by atoms with Gasteiger partial charge in [0.25, 0.3) is 0 Å². The maximum absolute atomic E-state index is 8.39. The van der Waals surface area contributed by atoms with Crippen molar-refractivity contribution in [2.75, 3.05) is 0 Å². The van der Waals surface area contributed by atoms with Gasteiger partial charge in [0.2, 0.25) is 0 Å². The van der Waals surface area contributed by atoms with Gasteiger partial charge in [-0.2, -0.15) is 5.26 Å². The van der Waals surface area contributed by atoms with Crippen molar-refractivity contribution in [2.45, 2.75) is 27.2 Å². The van der Waals surface area contributed by atoms with E-state index in [9.17, 15) is 0 Å². The summed E-state index contributed by atoms with van der Waals surface area (Å²) in [5, 5.41) is 8.39. The molecule has 0 fully saturated rings. The van der Waals surface area contributed by atoms with Gasteiger partial charge in [-0.15, -0.1) is 0 Å². The second-order valence-corrected chi connectivity index (χ2v) is 2.67. The van der Waals surface area contributed by atoms with Crippen LogP contribution >= 0.6 is 0 Å². The minimum absolute atomic E-state index is 0.638. The molecule has 1 nitrogen and oxygen atoms in total. The summed E-state index contributed by atoms with van der Waals surface area (Å²) < 4.78 is 0. The Morgan fingerprint density at radius 2 is 1.90 bits per heavy atom. The molecule has 0 amide bonds. The minimum atomic E-state index is 0.638. The zero-order valence-corrected chi connectivity index (χ0v) is 6.86. The Morgan fingerprint density at radius 3 is 2.20 bits per heavy atom. The van der Waals surface area contributed by atoms with Crippen LogP contribution in [0.15, 0.2) is 23.3 Å². The van der Waals surface area contributed by atoms with E-state index < -0.39 is 0 Å². The maximum Gasteiger partial charge on any atom is 0.0944 e. The Balaban J connectivity index is 4.08. The number of hydrogen-bond acceptors (Lipinski definition) is 1. The average molecular weight is 135 g/mol. The number of allylic oxidation sites excluding steroid dienone is 3. The topological polar surface area (TPSA) is 23.8 Å². The second kappa shape index (κ2) is 3.90. The van der Waals surface area contributed by atoms with Crippen molar-refractivity contribution >= 4 is 0 Å². The van der Waals surface area contributed by atoms with Crippen LogP contribution in [0.4, 0.5) is 0 Å². The summed E-state index contributed by atoms with van der Waals surface area (Å²) in [7, 11) is 0. The molecule has 0 saturated carbocycles. The molecular weight excluding hydrogens is 122 g/mol. The zero-order valence-electron chi connectivity index (χ0n) is 6.86. The third-order valence-electron chi connectivity index (χ3n) is 1.49. The van der Waals surface area contributed by atoms with E-state index in [4.69, 9.17) is 5.26 Å². The molecule has 0 saturated heterocycles. The van der Waals surface area contributed by atoms with Crippen LogP contribution in [0.25, 0.3) is 0 Å². The van der Waals surface area contributed by atoms with Crippen molar-refractivity contribution < 1.29 is 0 Å². The molecule has 0 spiro atoms. The predicted molar refractivity (Wildman–Crippen MR) is 43.4 cm³/mol. The lowest BCUT2D eigenvalue weighted by Gasteiger charge is -1.99. The molecule has 0 rings (SSSR count). The summed E-state index contributed by atoms with van der Waals surface area (Å²) in [5.41, 5.74) is 3.15. The van der Waals surface area contributed by atoms with Gasteiger partial charge in [0, 0.05) is 12.0 Å². The van der Waals surface area contributed by atoms with E-state index in [0.717, 1.165) is 6.42 Å². The van der Waals surface area contributed by atoms with Crippen molar-refractivity contribution in [1.29, 1.82) is 5.26 Å². The first-order chi connectivity index (χ1) is 4.57. The van der Waals surface area contributed by atoms with E-state index in [1.54, 1.807) is 0 Å². The van der Waals surface area contributed by atoms with E-state index >= 15 is 0 Å². The lowest BCUT2D eigenvalue weighted by molar-refractivity contribution is 1.10. The van der Waals surface area contributed by atoms with Gasteiger partial charge < -0.3 is 0 Å². The van der Waals surface area contributed by atoms with Gasteiger partial charge in [-0.3, -0.25) is 0 Å². The largest absolute Gasteiger partial charge is 0.193 e. The van der Waals surface area contributed by atoms with Gasteiger partial charge in [0.15, 0.2) is 0 Å². The van der Waals surface area contributed by atoms with Gasteiger partial charge >= 0.3 is 0 Å². The number of hydrogen-bond donors (Lipinski definition) is 0. The third-order valence-corrected chi connectivity index (χ3v) is 1.49. The predicted octanol–water partition coefficient (Wildman–Crippen LogP) is 2.81. The molecule has 10 heavy (non-hydrogen) atoms. The smallest absolute Gasteiger partial charge is 0.0944 e. The van der Waals surface area contributed by atoms with Gasteiger partial charge in [-0.25, -0.2) is 0 Å². The van der Waals surface area contributed by atoms with Crippen LogP contribution in [0, 0.1) is 11.3 Å². The minimum Gasteiger partial charge on any atom is -0.193 e. The second-order valence-electron chi connectivity index (χ2n) is 2.67. The number of nitrogens with zero attached hydrogens (tertiary/aromatic N) is 1. The lowest BCUT2D eigenvalue weighted by Crippen LogP contribution is -1.82. The summed E-state index contributed by atoms with van der Waals surface area (Å²) in [6, 6.07) is 2.02. The Kier molecular flexibility index (Phi) is 3.49. The highest BCUT2D eigenvalue weighted by atomic mass is 14.2. The highest BCUT2D eigenvalue weighted by Gasteiger charge is 1.94. The van der Waals surface area contributed by atoms with Crippen molar-refractivity contribution in [3.63, 3.8) is 0 Å². The molecule has 0 N–H and O–H groups in total. The van der Waals surface area contributed by atoms with E-state index in [1.807, 2.05) is 26.8 Å². The Morgan fingerprint density at radius 1 is 1.40 bits per heavy atom. The molecule has 0 aliphatic carbocycles. The molecule has 0 aliphatic rings. The molecule has 0 atom stereocenters. The van der Waals surface area contributed by atoms with Crippen molar-refractivity contribution in [3.05, 3.63) is 23.3 Å². The van der Waals surface area contributed by atoms with Gasteiger partial charge in [-0.1, -0.05) is 17.7 Å². The van der Waals surface area contributed by atoms with Crippen LogP contribution in [0.1, 0.15) is 27.2 Å². The molecule has 54 valence electrons. The fourth-order valence-electron chi connectivity index (χ4n) is 0.536. The molecule has 0 bridgehead atoms. The first kappa shape index (κ1) is 8.97. The van der Waals surface area contributed by atoms with Crippen molar-refractivity contribution in [2.24, 2.45) is 0 Å². The van der Waals surface area contributed by atoms with Gasteiger partial charge in [0.1, 0.15) is 0 Å². The van der Waals surface area contributed by atoms with Gasteiger partial charge in [0.05, 0.1) is 6.07 Å². The zero-order chi connectivity index (χ0) is 8.15. The molecule has 0 radical (unpaired) electrons. The van der Waals surface area contributed by atoms with Crippen LogP contribution in [0.5, 0.6) is 0 Å². The van der Waals surface area contributed by atoms with E-state index in [1.165, 1.54) is 11.1 Å². The fraction of sp³-hybridized carbons (Fsp3) is 0.444. The summed E-state index contributed by atoms with van der Waals surface area (Å²) in [6.07, 6.45) is 0.721. The third kappa shape index (κ3) is 3.09. The first-order valence-electron chi connectivity index (χ1n) is 3.28. The molecule has 0 aromatic rings. The Bertz CT molecular complexity index is 199. The molecule has 0 aromatic heterocycles. The van der Waals surface area contributed by atoms with Crippen LogP contribution in [0.2, 0.25) is 0 Å². The molecule has 0 aliphatic heterocycles. The summed E-state index contributed by atoms with van der Waals surface area (Å²) in [6.45, 7) is 9.71. The highest BCUT2D eigenvalue weighted by molar-refractivity contribution is 5.24. The normalized spacial score (nSPS) is 8.20. The average Bonchev–Trinajstić information content (AvgIpc) is 1.87. The van der Waals surface area contributed by atoms with Crippen LogP contribution in [-0.2, 0) is 0 Å². The monoisotopic (exact) mass is 135 g/mol. The standard InChI is InChI=1S/C9H13N/c1-7(2)9(4)5-8(3)6-10/h3,5H2,1-2,4H3. The summed E-state index contributed by atoms with van der Waals surface area (Å²) in [4.78, 5) is 0. The Labute approximate surface area is 62.7 Å². The first-order valence-corrected chi connectivity index (χ1v) is 3.28. The van der Waals surface area contributed by atoms with E-state index in [2.05, 4.69) is 6.58 Å². The van der Waals surface area contributed by atoms with E-state index in [0.29, 0.717) is 5.57 Å². The highest BCUT2D eigenvalue weighted by Crippen LogP contribution is 2.11. The van der Waals surface area contributed by atoms with E-state index in [-0.39, 0.29) is 0 Å². The SMILES string of the molecule is C=C(C#N)CC(C)=C(C)C. The lowest BCUT2D eigenvalue weighted by atomic mass is 10.1. The Hall–Kier alpha value is -1.03. The quantitative estimate of drug-likeness (QED) is 0.422. The van der Waals surface area contributed by atoms with Crippen LogP contribution < -0.4 is 0 Å². The fourth-order valence-corrected chi connectivity index (χ4v) is 0.536. The molecular formula is C9H13N. The summed E-state index contributed by atoms with van der Waals surface area (Å²) >= 11 is 0. The molecule has 0 unspecified atom stereocenters. The van der Waals surface area contributed by atoms with Crippen LogP contribution in [-0.4, -0.2) is 0 Å². The van der Waals surface area contributed by atoms with Crippen molar-refractivity contribution in [3.8, 4) is 6.07 Å².